The van der Waals surface area contributed by atoms with Crippen LogP contribution in [0.1, 0.15) is 25.0 Å². The Hall–Kier alpha value is -2.99. The zero-order valence-corrected chi connectivity index (χ0v) is 18.0. The second kappa shape index (κ2) is 11.0. The Morgan fingerprint density at radius 3 is 1.72 bits per heavy atom. The van der Waals surface area contributed by atoms with Crippen molar-refractivity contribution in [2.45, 2.75) is 45.0 Å². The molecule has 0 aromatic heterocycles. The smallest absolute Gasteiger partial charge is 0.192 e. The van der Waals surface area contributed by atoms with Gasteiger partial charge in [0.05, 0.1) is 19.8 Å². The Bertz CT molecular complexity index is 1010. The Balaban J connectivity index is 1.55. The Kier molecular flexibility index (Phi) is 7.21. The average Bonchev–Trinajstić information content (AvgIpc) is 2.87. The van der Waals surface area contributed by atoms with E-state index in [-0.39, 0.29) is 13.4 Å². The van der Waals surface area contributed by atoms with E-state index >= 15 is 0 Å². The van der Waals surface area contributed by atoms with E-state index in [1.165, 1.54) is 0 Å². The highest BCUT2D eigenvalue weighted by Crippen LogP contribution is 2.23. The molecule has 1 heterocycles. The van der Waals surface area contributed by atoms with Gasteiger partial charge in [0, 0.05) is 8.27 Å². The van der Waals surface area contributed by atoms with Crippen molar-refractivity contribution in [1.29, 1.82) is 0 Å². The van der Waals surface area contributed by atoms with E-state index in [9.17, 15) is 5.21 Å². The predicted octanol–water partition coefficient (Wildman–Crippen LogP) is 4.73. The van der Waals surface area contributed by atoms with Crippen molar-refractivity contribution >= 4 is 5.71 Å². The van der Waals surface area contributed by atoms with Crippen LogP contribution in [0.2, 0.25) is 0 Å². The molecular weight excluding hydrogens is 402 g/mol. The van der Waals surface area contributed by atoms with E-state index in [4.69, 9.17) is 15.6 Å². The van der Waals surface area contributed by atoms with Crippen molar-refractivity contribution in [2.24, 2.45) is 0 Å². The van der Waals surface area contributed by atoms with E-state index < -0.39 is 18.3 Å². The summed E-state index contributed by atoms with van der Waals surface area (Å²) in [6, 6.07) is 29.5. The molecule has 3 aromatic rings. The summed E-state index contributed by atoms with van der Waals surface area (Å²) in [6.45, 7) is 1.00. The molecule has 32 heavy (non-hydrogen) atoms. The molecule has 0 radical (unpaired) electrons. The molecule has 0 saturated heterocycles. The first-order valence-corrected chi connectivity index (χ1v) is 10.8. The van der Waals surface area contributed by atoms with Gasteiger partial charge in [-0.15, -0.1) is 0 Å². The van der Waals surface area contributed by atoms with Crippen LogP contribution >= 0.6 is 0 Å². The maximum Gasteiger partial charge on any atom is 0.192 e. The van der Waals surface area contributed by atoms with E-state index in [0.29, 0.717) is 25.5 Å². The molecular formula is C27H29NO4. The van der Waals surface area contributed by atoms with Crippen molar-refractivity contribution in [3.63, 3.8) is 0 Å². The fourth-order valence-corrected chi connectivity index (χ4v) is 3.75. The lowest BCUT2D eigenvalue weighted by molar-refractivity contribution is -0.488. The Labute approximate surface area is 190 Å². The van der Waals surface area contributed by atoms with Crippen LogP contribution in [0.15, 0.2) is 91.0 Å². The molecule has 166 valence electrons. The summed E-state index contributed by atoms with van der Waals surface area (Å²) in [5.41, 5.74) is 3.41. The van der Waals surface area contributed by atoms with Gasteiger partial charge in [-0.25, -0.2) is 4.74 Å². The average molecular weight is 433 g/mol. The summed E-state index contributed by atoms with van der Waals surface area (Å²) >= 11 is 0. The first-order valence-electron chi connectivity index (χ1n) is 11.5. The lowest BCUT2D eigenvalue weighted by Crippen LogP contribution is -2.55. The third-order valence-corrected chi connectivity index (χ3v) is 5.52. The van der Waals surface area contributed by atoms with Gasteiger partial charge in [-0.05, 0) is 16.7 Å². The van der Waals surface area contributed by atoms with Crippen LogP contribution in [-0.2, 0) is 34.0 Å². The monoisotopic (exact) mass is 432 g/mol. The van der Waals surface area contributed by atoms with Crippen LogP contribution in [0.3, 0.4) is 0 Å². The van der Waals surface area contributed by atoms with Gasteiger partial charge >= 0.3 is 0 Å². The fraction of sp³-hybridized carbons (Fsp3) is 0.296. The van der Waals surface area contributed by atoms with E-state index in [2.05, 4.69) is 0 Å². The maximum atomic E-state index is 12.8. The number of benzene rings is 3. The molecule has 0 unspecified atom stereocenters. The van der Waals surface area contributed by atoms with Gasteiger partial charge in [-0.2, -0.15) is 0 Å². The van der Waals surface area contributed by atoms with Crippen LogP contribution in [0, 0.1) is 5.21 Å². The molecule has 5 heteroatoms. The third kappa shape index (κ3) is 5.82. The molecule has 0 aliphatic carbocycles. The standard InChI is InChI=1S/C27H29NO4/c1-21-26(31-19-23-13-7-3-8-14-23)27(32-20-24-15-9-4-10-16-24)25(17-28(21)29)30-18-22-11-5-2-6-12-22/h2-16,25-27H,17-20H2,1H3/t25-,26-,27-/m1/s1/i1D. The minimum atomic E-state index is -0.668. The van der Waals surface area contributed by atoms with Gasteiger partial charge in [-0.3, -0.25) is 0 Å². The summed E-state index contributed by atoms with van der Waals surface area (Å²) in [5, 5.41) is 12.8. The SMILES string of the molecule is [2H]CC1=[N+]([O-])C[C@@H](OCc2ccccc2)[C@@H](OCc2ccccc2)[C@@H]1OCc1ccccc1. The molecule has 5 nitrogen and oxygen atoms in total. The quantitative estimate of drug-likeness (QED) is 0.362. The van der Waals surface area contributed by atoms with Crippen LogP contribution in [0.25, 0.3) is 0 Å². The molecule has 0 N–H and O–H groups in total. The predicted molar refractivity (Wildman–Crippen MR) is 124 cm³/mol. The zero-order chi connectivity index (χ0) is 22.9. The van der Waals surface area contributed by atoms with Crippen LogP contribution < -0.4 is 0 Å². The van der Waals surface area contributed by atoms with Crippen LogP contribution in [-0.4, -0.2) is 35.3 Å². The molecule has 3 atom stereocenters. The van der Waals surface area contributed by atoms with Gasteiger partial charge in [0.1, 0.15) is 12.2 Å². The van der Waals surface area contributed by atoms with Crippen molar-refractivity contribution < 1.29 is 20.3 Å². The maximum absolute atomic E-state index is 12.8. The Morgan fingerprint density at radius 2 is 1.22 bits per heavy atom. The summed E-state index contributed by atoms with van der Waals surface area (Å²) in [7, 11) is 0. The summed E-state index contributed by atoms with van der Waals surface area (Å²) in [4.78, 5) is 0. The second-order valence-corrected chi connectivity index (χ2v) is 7.87. The van der Waals surface area contributed by atoms with Gasteiger partial charge < -0.3 is 19.4 Å². The first kappa shape index (κ1) is 20.9. The molecule has 4 rings (SSSR count). The van der Waals surface area contributed by atoms with Crippen molar-refractivity contribution in [3.05, 3.63) is 113 Å². The van der Waals surface area contributed by atoms with Crippen molar-refractivity contribution in [1.82, 2.24) is 0 Å². The lowest BCUT2D eigenvalue weighted by atomic mass is 9.99. The Morgan fingerprint density at radius 1 is 0.750 bits per heavy atom. The number of hydroxylamine groups is 1. The number of rotatable bonds is 9. The van der Waals surface area contributed by atoms with E-state index in [0.717, 1.165) is 21.4 Å². The summed E-state index contributed by atoms with van der Waals surface area (Å²) in [6.07, 6.45) is -1.68. The van der Waals surface area contributed by atoms with Crippen LogP contribution in [0.5, 0.6) is 0 Å². The first-order chi connectivity index (χ1) is 16.2. The topological polar surface area (TPSA) is 53.8 Å². The van der Waals surface area contributed by atoms with Gasteiger partial charge in [0.2, 0.25) is 0 Å². The molecule has 1 aliphatic heterocycles. The molecule has 3 aromatic carbocycles. The highest BCUT2D eigenvalue weighted by atomic mass is 16.6. The summed E-state index contributed by atoms with van der Waals surface area (Å²) < 4.78 is 27.6. The number of nitrogens with zero attached hydrogens (tertiary/aromatic N) is 1. The minimum absolute atomic E-state index is 0.103. The van der Waals surface area contributed by atoms with Crippen molar-refractivity contribution in [3.8, 4) is 0 Å². The molecule has 0 spiro atoms. The highest BCUT2D eigenvalue weighted by Gasteiger charge is 2.43. The number of ether oxygens (including phenoxy) is 3. The molecule has 0 fully saturated rings. The molecule has 0 amide bonds. The largest absolute Gasteiger partial charge is 0.624 e. The van der Waals surface area contributed by atoms with Crippen molar-refractivity contribution in [2.75, 3.05) is 6.54 Å². The second-order valence-electron chi connectivity index (χ2n) is 7.87. The van der Waals surface area contributed by atoms with E-state index in [1.54, 1.807) is 0 Å². The summed E-state index contributed by atoms with van der Waals surface area (Å²) in [5.74, 6) is 0. The fourth-order valence-electron chi connectivity index (χ4n) is 3.75. The van der Waals surface area contributed by atoms with Gasteiger partial charge in [0.25, 0.3) is 0 Å². The minimum Gasteiger partial charge on any atom is -0.624 e. The molecule has 0 bridgehead atoms. The van der Waals surface area contributed by atoms with Gasteiger partial charge in [0.15, 0.2) is 18.4 Å². The number of hydrogen-bond donors (Lipinski definition) is 0. The van der Waals surface area contributed by atoms with Gasteiger partial charge in [-0.1, -0.05) is 91.0 Å². The lowest BCUT2D eigenvalue weighted by Gasteiger charge is -2.36. The highest BCUT2D eigenvalue weighted by molar-refractivity contribution is 5.83. The molecule has 1 aliphatic rings. The number of hydrogen-bond acceptors (Lipinski definition) is 4. The third-order valence-electron chi connectivity index (χ3n) is 5.52. The van der Waals surface area contributed by atoms with E-state index in [1.807, 2.05) is 91.0 Å². The molecule has 0 saturated carbocycles. The van der Waals surface area contributed by atoms with Crippen LogP contribution in [0.4, 0.5) is 0 Å². The zero-order valence-electron chi connectivity index (χ0n) is 19.0. The normalized spacial score (nSPS) is 21.4.